The second-order valence-corrected chi connectivity index (χ2v) is 5.18. The molecule has 0 aromatic heterocycles. The molecule has 0 aliphatic carbocycles. The average Bonchev–Trinajstić information content (AvgIpc) is 2.68. The number of halogens is 3. The van der Waals surface area contributed by atoms with Crippen LogP contribution in [0.25, 0.3) is 0 Å². The van der Waals surface area contributed by atoms with Crippen molar-refractivity contribution >= 4 is 5.96 Å². The van der Waals surface area contributed by atoms with Crippen LogP contribution < -0.4 is 5.73 Å². The summed E-state index contributed by atoms with van der Waals surface area (Å²) in [6, 6.07) is 5.40. The quantitative estimate of drug-likeness (QED) is 0.927. The molecule has 0 saturated heterocycles. The van der Waals surface area contributed by atoms with Gasteiger partial charge in [-0.3, -0.25) is 4.99 Å². The highest BCUT2D eigenvalue weighted by Gasteiger charge is 2.40. The maximum atomic E-state index is 12.8. The summed E-state index contributed by atoms with van der Waals surface area (Å²) < 4.78 is 38.5. The lowest BCUT2D eigenvalue weighted by Gasteiger charge is -2.36. The molecule has 0 bridgehead atoms. The van der Waals surface area contributed by atoms with E-state index in [1.807, 2.05) is 18.7 Å². The van der Waals surface area contributed by atoms with Crippen molar-refractivity contribution in [1.29, 1.82) is 0 Å². The van der Waals surface area contributed by atoms with Crippen LogP contribution in [0.15, 0.2) is 29.3 Å². The van der Waals surface area contributed by atoms with Gasteiger partial charge in [0.15, 0.2) is 5.96 Å². The van der Waals surface area contributed by atoms with Gasteiger partial charge in [0, 0.05) is 6.54 Å². The fourth-order valence-electron chi connectivity index (χ4n) is 2.52. The van der Waals surface area contributed by atoms with E-state index in [0.717, 1.165) is 12.5 Å². The third-order valence-corrected chi connectivity index (χ3v) is 3.68. The molecule has 0 amide bonds. The van der Waals surface area contributed by atoms with Crippen LogP contribution in [-0.4, -0.2) is 23.9 Å². The van der Waals surface area contributed by atoms with E-state index in [4.69, 9.17) is 5.73 Å². The number of nitrogens with two attached hydrogens (primary N) is 1. The summed E-state index contributed by atoms with van der Waals surface area (Å²) >= 11 is 0. The minimum absolute atomic E-state index is 0.375. The molecular formula is C14H18F3N3. The molecule has 0 spiro atoms. The Morgan fingerprint density at radius 2 is 2.10 bits per heavy atom. The van der Waals surface area contributed by atoms with Crippen molar-refractivity contribution in [3.63, 3.8) is 0 Å². The monoisotopic (exact) mass is 285 g/mol. The molecule has 1 aliphatic heterocycles. The lowest BCUT2D eigenvalue weighted by Crippen LogP contribution is -2.47. The van der Waals surface area contributed by atoms with E-state index in [9.17, 15) is 13.2 Å². The van der Waals surface area contributed by atoms with Crippen LogP contribution in [0.4, 0.5) is 13.2 Å². The fraction of sp³-hybridized carbons (Fsp3) is 0.500. The minimum atomic E-state index is -4.34. The fourth-order valence-corrected chi connectivity index (χ4v) is 2.52. The number of hydrogen-bond acceptors (Lipinski definition) is 3. The van der Waals surface area contributed by atoms with Gasteiger partial charge in [0.05, 0.1) is 17.6 Å². The molecule has 0 saturated carbocycles. The third kappa shape index (κ3) is 2.46. The van der Waals surface area contributed by atoms with E-state index in [-0.39, 0.29) is 0 Å². The Hall–Kier alpha value is -1.72. The summed E-state index contributed by atoms with van der Waals surface area (Å²) in [6.07, 6.45) is -3.49. The van der Waals surface area contributed by atoms with Gasteiger partial charge in [0.25, 0.3) is 0 Å². The Bertz CT molecular complexity index is 525. The number of rotatable bonds is 3. The molecule has 1 unspecified atom stereocenters. The number of nitrogens with zero attached hydrogens (tertiary/aromatic N) is 2. The summed E-state index contributed by atoms with van der Waals surface area (Å²) in [6.45, 7) is 4.92. The van der Waals surface area contributed by atoms with Gasteiger partial charge >= 0.3 is 6.18 Å². The first kappa shape index (κ1) is 14.7. The highest BCUT2D eigenvalue weighted by Crippen LogP contribution is 2.36. The minimum Gasteiger partial charge on any atom is -0.370 e. The first-order valence-corrected chi connectivity index (χ1v) is 6.54. The van der Waals surface area contributed by atoms with Crippen molar-refractivity contribution in [1.82, 2.24) is 4.90 Å². The van der Waals surface area contributed by atoms with Crippen LogP contribution in [0.2, 0.25) is 0 Å². The Kier molecular flexibility index (Phi) is 3.67. The predicted octanol–water partition coefficient (Wildman–Crippen LogP) is 2.96. The second-order valence-electron chi connectivity index (χ2n) is 5.18. The van der Waals surface area contributed by atoms with Gasteiger partial charge < -0.3 is 10.6 Å². The van der Waals surface area contributed by atoms with E-state index < -0.39 is 17.3 Å². The van der Waals surface area contributed by atoms with Crippen molar-refractivity contribution in [2.75, 3.05) is 13.1 Å². The SMILES string of the molecule is CCCN1C(N)=NCC1(C)c1cccc(C(F)(F)F)c1. The molecule has 6 heteroatoms. The van der Waals surface area contributed by atoms with Crippen LogP contribution in [-0.2, 0) is 11.7 Å². The molecule has 0 fully saturated rings. The van der Waals surface area contributed by atoms with Gasteiger partial charge in [-0.05, 0) is 31.0 Å². The van der Waals surface area contributed by atoms with E-state index in [2.05, 4.69) is 4.99 Å². The topological polar surface area (TPSA) is 41.6 Å². The summed E-state index contributed by atoms with van der Waals surface area (Å²) in [4.78, 5) is 6.07. The predicted molar refractivity (Wildman–Crippen MR) is 72.3 cm³/mol. The zero-order valence-corrected chi connectivity index (χ0v) is 11.5. The number of aliphatic imine (C=N–C) groups is 1. The van der Waals surface area contributed by atoms with Crippen molar-refractivity contribution in [2.45, 2.75) is 32.0 Å². The number of benzene rings is 1. The van der Waals surface area contributed by atoms with E-state index in [0.29, 0.717) is 24.6 Å². The summed E-state index contributed by atoms with van der Waals surface area (Å²) in [5.41, 5.74) is 5.19. The zero-order chi connectivity index (χ0) is 15.0. The molecular weight excluding hydrogens is 267 g/mol. The van der Waals surface area contributed by atoms with Crippen molar-refractivity contribution in [3.05, 3.63) is 35.4 Å². The zero-order valence-electron chi connectivity index (χ0n) is 11.5. The van der Waals surface area contributed by atoms with Gasteiger partial charge in [-0.1, -0.05) is 19.1 Å². The highest BCUT2D eigenvalue weighted by atomic mass is 19.4. The van der Waals surface area contributed by atoms with E-state index in [1.165, 1.54) is 12.1 Å². The van der Waals surface area contributed by atoms with Gasteiger partial charge in [-0.2, -0.15) is 13.2 Å². The van der Waals surface area contributed by atoms with Gasteiger partial charge in [0.1, 0.15) is 0 Å². The smallest absolute Gasteiger partial charge is 0.370 e. The van der Waals surface area contributed by atoms with Crippen molar-refractivity contribution in [3.8, 4) is 0 Å². The Balaban J connectivity index is 2.40. The van der Waals surface area contributed by atoms with Crippen molar-refractivity contribution in [2.24, 2.45) is 10.7 Å². The molecule has 1 aromatic carbocycles. The van der Waals surface area contributed by atoms with Gasteiger partial charge in [0.2, 0.25) is 0 Å². The summed E-state index contributed by atoms with van der Waals surface area (Å²) in [7, 11) is 0. The maximum absolute atomic E-state index is 12.8. The Labute approximate surface area is 116 Å². The van der Waals surface area contributed by atoms with Crippen LogP contribution in [0.5, 0.6) is 0 Å². The van der Waals surface area contributed by atoms with E-state index >= 15 is 0 Å². The number of hydrogen-bond donors (Lipinski definition) is 1. The Morgan fingerprint density at radius 1 is 1.40 bits per heavy atom. The molecule has 2 rings (SSSR count). The highest BCUT2D eigenvalue weighted by molar-refractivity contribution is 5.81. The molecule has 0 radical (unpaired) electrons. The van der Waals surface area contributed by atoms with Gasteiger partial charge in [-0.25, -0.2) is 0 Å². The summed E-state index contributed by atoms with van der Waals surface area (Å²) in [5, 5.41) is 0. The molecule has 2 N–H and O–H groups in total. The molecule has 110 valence electrons. The van der Waals surface area contributed by atoms with Gasteiger partial charge in [-0.15, -0.1) is 0 Å². The molecule has 20 heavy (non-hydrogen) atoms. The van der Waals surface area contributed by atoms with E-state index in [1.54, 1.807) is 6.07 Å². The Morgan fingerprint density at radius 3 is 2.70 bits per heavy atom. The third-order valence-electron chi connectivity index (χ3n) is 3.68. The largest absolute Gasteiger partial charge is 0.416 e. The van der Waals surface area contributed by atoms with Crippen molar-refractivity contribution < 1.29 is 13.2 Å². The first-order chi connectivity index (χ1) is 9.29. The summed E-state index contributed by atoms with van der Waals surface area (Å²) in [5.74, 6) is 0.395. The molecule has 1 heterocycles. The van der Waals surface area contributed by atoms with Crippen LogP contribution in [0.1, 0.15) is 31.4 Å². The number of guanidine groups is 1. The van der Waals surface area contributed by atoms with Crippen LogP contribution in [0, 0.1) is 0 Å². The molecule has 1 aromatic rings. The molecule has 1 aliphatic rings. The van der Waals surface area contributed by atoms with Crippen LogP contribution >= 0.6 is 0 Å². The number of alkyl halides is 3. The molecule has 3 nitrogen and oxygen atoms in total. The lowest BCUT2D eigenvalue weighted by molar-refractivity contribution is -0.137. The maximum Gasteiger partial charge on any atom is 0.416 e. The normalized spacial score (nSPS) is 23.1. The lowest BCUT2D eigenvalue weighted by atomic mass is 9.89. The second kappa shape index (κ2) is 5.00. The van der Waals surface area contributed by atoms with Crippen LogP contribution in [0.3, 0.4) is 0 Å². The first-order valence-electron chi connectivity index (χ1n) is 6.54. The average molecular weight is 285 g/mol. The standard InChI is InChI=1S/C14H18F3N3/c1-3-7-20-12(18)19-9-13(20,2)10-5-4-6-11(8-10)14(15,16)17/h4-6,8H,3,7,9H2,1-2H3,(H2,18,19). The molecule has 1 atom stereocenters.